The molecule has 0 saturated heterocycles. The first-order valence-corrected chi connectivity index (χ1v) is 5.71. The Kier molecular flexibility index (Phi) is 2.90. The molecule has 14 heavy (non-hydrogen) atoms. The normalized spacial score (nSPS) is 11.0. The molecule has 0 heterocycles. The highest BCUT2D eigenvalue weighted by atomic mass is 32.2. The summed E-state index contributed by atoms with van der Waals surface area (Å²) in [4.78, 5) is 10.7. The van der Waals surface area contributed by atoms with E-state index in [4.69, 9.17) is 4.74 Å². The van der Waals surface area contributed by atoms with Crippen LogP contribution in [0.5, 0.6) is 5.75 Å². The lowest BCUT2D eigenvalue weighted by molar-refractivity contribution is 0.112. The highest BCUT2D eigenvalue weighted by Crippen LogP contribution is 2.20. The van der Waals surface area contributed by atoms with Crippen LogP contribution in [-0.2, 0) is 9.84 Å². The number of carbonyl (C=O) groups excluding carboxylic acids is 1. The number of carbonyl (C=O) groups is 1. The van der Waals surface area contributed by atoms with Gasteiger partial charge in [0.1, 0.15) is 5.75 Å². The number of sulfone groups is 1. The van der Waals surface area contributed by atoms with Gasteiger partial charge < -0.3 is 4.74 Å². The molecule has 0 amide bonds. The van der Waals surface area contributed by atoms with Crippen LogP contribution in [0.25, 0.3) is 0 Å². The van der Waals surface area contributed by atoms with Gasteiger partial charge in [0, 0.05) is 6.26 Å². The smallest absolute Gasteiger partial charge is 0.175 e. The zero-order chi connectivity index (χ0) is 10.8. The van der Waals surface area contributed by atoms with Crippen LogP contribution in [-0.4, -0.2) is 28.1 Å². The number of benzene rings is 1. The largest absolute Gasteiger partial charge is 0.496 e. The van der Waals surface area contributed by atoms with Crippen molar-refractivity contribution in [1.29, 1.82) is 0 Å². The SMILES string of the molecule is COc1ccc(S(C)(=O)=O)cc1C=O. The van der Waals surface area contributed by atoms with Crippen LogP contribution in [0.2, 0.25) is 0 Å². The van der Waals surface area contributed by atoms with Crippen molar-refractivity contribution in [3.8, 4) is 5.75 Å². The molecule has 0 saturated carbocycles. The maximum absolute atomic E-state index is 11.1. The van der Waals surface area contributed by atoms with E-state index in [0.29, 0.717) is 12.0 Å². The predicted molar refractivity (Wildman–Crippen MR) is 51.5 cm³/mol. The van der Waals surface area contributed by atoms with E-state index in [-0.39, 0.29) is 10.5 Å². The highest BCUT2D eigenvalue weighted by molar-refractivity contribution is 7.90. The molecule has 0 atom stereocenters. The van der Waals surface area contributed by atoms with E-state index in [1.54, 1.807) is 0 Å². The van der Waals surface area contributed by atoms with Crippen molar-refractivity contribution in [2.75, 3.05) is 13.4 Å². The maximum atomic E-state index is 11.1. The summed E-state index contributed by atoms with van der Waals surface area (Å²) in [6.07, 6.45) is 1.65. The molecule has 0 aromatic heterocycles. The van der Waals surface area contributed by atoms with Crippen molar-refractivity contribution in [3.63, 3.8) is 0 Å². The summed E-state index contributed by atoms with van der Waals surface area (Å²) in [7, 11) is -1.86. The average molecular weight is 214 g/mol. The first kappa shape index (κ1) is 10.7. The van der Waals surface area contributed by atoms with Gasteiger partial charge in [0.05, 0.1) is 17.6 Å². The minimum atomic E-state index is -3.27. The van der Waals surface area contributed by atoms with Crippen LogP contribution in [0.15, 0.2) is 23.1 Å². The summed E-state index contributed by atoms with van der Waals surface area (Å²) in [5, 5.41) is 0. The van der Waals surface area contributed by atoms with Crippen molar-refractivity contribution in [3.05, 3.63) is 23.8 Å². The van der Waals surface area contributed by atoms with Gasteiger partial charge in [0.2, 0.25) is 0 Å². The zero-order valence-electron chi connectivity index (χ0n) is 7.85. The number of aldehydes is 1. The Bertz CT molecular complexity index is 448. The van der Waals surface area contributed by atoms with Gasteiger partial charge in [-0.1, -0.05) is 0 Å². The number of ether oxygens (including phenoxy) is 1. The van der Waals surface area contributed by atoms with E-state index >= 15 is 0 Å². The zero-order valence-corrected chi connectivity index (χ0v) is 8.67. The van der Waals surface area contributed by atoms with Gasteiger partial charge in [-0.15, -0.1) is 0 Å². The molecule has 0 radical (unpaired) electrons. The van der Waals surface area contributed by atoms with E-state index in [9.17, 15) is 13.2 Å². The summed E-state index contributed by atoms with van der Waals surface area (Å²) < 4.78 is 27.2. The third-order valence-electron chi connectivity index (χ3n) is 1.76. The molecule has 0 bridgehead atoms. The van der Waals surface area contributed by atoms with Crippen LogP contribution in [0, 0.1) is 0 Å². The third kappa shape index (κ3) is 2.11. The lowest BCUT2D eigenvalue weighted by Crippen LogP contribution is -1.99. The van der Waals surface area contributed by atoms with Crippen LogP contribution in [0.4, 0.5) is 0 Å². The van der Waals surface area contributed by atoms with E-state index < -0.39 is 9.84 Å². The molecular formula is C9H10O4S. The van der Waals surface area contributed by atoms with Crippen LogP contribution in [0.1, 0.15) is 10.4 Å². The van der Waals surface area contributed by atoms with Gasteiger partial charge in [-0.05, 0) is 18.2 Å². The van der Waals surface area contributed by atoms with Gasteiger partial charge in [-0.2, -0.15) is 0 Å². The lowest BCUT2D eigenvalue weighted by Gasteiger charge is -2.04. The first-order chi connectivity index (χ1) is 6.49. The molecule has 0 unspecified atom stereocenters. The fourth-order valence-corrected chi connectivity index (χ4v) is 1.69. The standard InChI is InChI=1S/C9H10O4S/c1-13-9-4-3-8(14(2,11)12)5-7(9)6-10/h3-6H,1-2H3. The summed E-state index contributed by atoms with van der Waals surface area (Å²) in [5.74, 6) is 0.368. The second kappa shape index (κ2) is 3.79. The number of rotatable bonds is 3. The Morgan fingerprint density at radius 2 is 2.00 bits per heavy atom. The average Bonchev–Trinajstić information content (AvgIpc) is 2.15. The minimum Gasteiger partial charge on any atom is -0.496 e. The maximum Gasteiger partial charge on any atom is 0.175 e. The molecule has 0 aliphatic carbocycles. The van der Waals surface area contributed by atoms with Crippen molar-refractivity contribution in [2.45, 2.75) is 4.90 Å². The van der Waals surface area contributed by atoms with Gasteiger partial charge in [-0.3, -0.25) is 4.79 Å². The molecule has 0 spiro atoms. The Morgan fingerprint density at radius 1 is 1.36 bits per heavy atom. The molecule has 76 valence electrons. The summed E-state index contributed by atoms with van der Waals surface area (Å²) in [6, 6.07) is 4.16. The van der Waals surface area contributed by atoms with Crippen molar-refractivity contribution < 1.29 is 17.9 Å². The Labute approximate surface area is 82.4 Å². The quantitative estimate of drug-likeness (QED) is 0.702. The van der Waals surface area contributed by atoms with Crippen LogP contribution in [0.3, 0.4) is 0 Å². The van der Waals surface area contributed by atoms with Gasteiger partial charge in [0.25, 0.3) is 0 Å². The fraction of sp³-hybridized carbons (Fsp3) is 0.222. The predicted octanol–water partition coefficient (Wildman–Crippen LogP) is 0.911. The molecular weight excluding hydrogens is 204 g/mol. The Balaban J connectivity index is 3.35. The van der Waals surface area contributed by atoms with Crippen molar-refractivity contribution >= 4 is 16.1 Å². The molecule has 0 fully saturated rings. The summed E-state index contributed by atoms with van der Waals surface area (Å²) >= 11 is 0. The van der Waals surface area contributed by atoms with Crippen molar-refractivity contribution in [2.24, 2.45) is 0 Å². The molecule has 0 aliphatic heterocycles. The molecule has 5 heteroatoms. The second-order valence-corrected chi connectivity index (χ2v) is 4.81. The van der Waals surface area contributed by atoms with E-state index in [1.807, 2.05) is 0 Å². The summed E-state index contributed by atoms with van der Waals surface area (Å²) in [5.41, 5.74) is 0.232. The fourth-order valence-electron chi connectivity index (χ4n) is 1.04. The van der Waals surface area contributed by atoms with Crippen LogP contribution >= 0.6 is 0 Å². The molecule has 4 nitrogen and oxygen atoms in total. The van der Waals surface area contributed by atoms with Crippen LogP contribution < -0.4 is 4.74 Å². The van der Waals surface area contributed by atoms with E-state index in [1.165, 1.54) is 25.3 Å². The van der Waals surface area contributed by atoms with E-state index in [0.717, 1.165) is 6.26 Å². The second-order valence-electron chi connectivity index (χ2n) is 2.79. The Morgan fingerprint density at radius 3 is 2.43 bits per heavy atom. The topological polar surface area (TPSA) is 60.4 Å². The first-order valence-electron chi connectivity index (χ1n) is 3.82. The van der Waals surface area contributed by atoms with Gasteiger partial charge in [0.15, 0.2) is 16.1 Å². The molecule has 1 rings (SSSR count). The summed E-state index contributed by atoms with van der Waals surface area (Å²) in [6.45, 7) is 0. The minimum absolute atomic E-state index is 0.111. The molecule has 1 aromatic carbocycles. The number of methoxy groups -OCH3 is 1. The van der Waals surface area contributed by atoms with Gasteiger partial charge in [-0.25, -0.2) is 8.42 Å². The third-order valence-corrected chi connectivity index (χ3v) is 2.87. The number of hydrogen-bond donors (Lipinski definition) is 0. The molecule has 0 aliphatic rings. The van der Waals surface area contributed by atoms with Crippen molar-refractivity contribution in [1.82, 2.24) is 0 Å². The van der Waals surface area contributed by atoms with E-state index in [2.05, 4.69) is 0 Å². The lowest BCUT2D eigenvalue weighted by atomic mass is 10.2. The molecule has 1 aromatic rings. The highest BCUT2D eigenvalue weighted by Gasteiger charge is 2.10. The number of hydrogen-bond acceptors (Lipinski definition) is 4. The molecule has 0 N–H and O–H groups in total. The monoisotopic (exact) mass is 214 g/mol. The van der Waals surface area contributed by atoms with Gasteiger partial charge >= 0.3 is 0 Å². The Hall–Kier alpha value is -1.36.